The summed E-state index contributed by atoms with van der Waals surface area (Å²) >= 11 is 3.70. The lowest BCUT2D eigenvalue weighted by molar-refractivity contribution is -0.150. The molecule has 2 amide bonds. The van der Waals surface area contributed by atoms with Gasteiger partial charge in [-0.1, -0.05) is 23.0 Å². The average molecular weight is 550 g/mol. The Balaban J connectivity index is 1.31. The fourth-order valence-corrected chi connectivity index (χ4v) is 6.55. The Morgan fingerprint density at radius 1 is 1.44 bits per heavy atom. The number of carboxylic acids is 1. The normalized spacial score (nSPS) is 23.4. The van der Waals surface area contributed by atoms with Crippen molar-refractivity contribution in [1.29, 1.82) is 0 Å². The van der Waals surface area contributed by atoms with E-state index in [1.54, 1.807) is 5.38 Å². The van der Waals surface area contributed by atoms with Crippen LogP contribution in [0.1, 0.15) is 18.5 Å². The highest BCUT2D eigenvalue weighted by Crippen LogP contribution is 2.41. The minimum absolute atomic E-state index is 0.0947. The predicted molar refractivity (Wildman–Crippen MR) is 131 cm³/mol. The maximum absolute atomic E-state index is 13.1. The number of fused-ring (bicyclic) bond motifs is 1. The van der Waals surface area contributed by atoms with E-state index in [1.807, 2.05) is 12.2 Å². The Labute approximate surface area is 215 Å². The van der Waals surface area contributed by atoms with Crippen molar-refractivity contribution in [2.75, 3.05) is 17.2 Å². The molecule has 5 N–H and O–H groups in total. The molecule has 2 aromatic heterocycles. The number of aliphatic carboxylic acids is 1. The number of thioether (sulfide) groups is 2. The number of β-lactam (4-membered cyclic amide) rings is 1. The molecule has 3 atom stereocenters. The largest absolute Gasteiger partial charge is 0.477 e. The number of anilines is 1. The monoisotopic (exact) mass is 549 g/mol. The highest BCUT2D eigenvalue weighted by atomic mass is 32.2. The number of tetrazole rings is 1. The van der Waals surface area contributed by atoms with Gasteiger partial charge in [0.1, 0.15) is 28.9 Å². The Hall–Kier alpha value is -3.44. The summed E-state index contributed by atoms with van der Waals surface area (Å²) in [7, 11) is 0. The first-order valence-corrected chi connectivity index (χ1v) is 13.5. The summed E-state index contributed by atoms with van der Waals surface area (Å²) in [5.41, 5.74) is 6.30. The highest BCUT2D eigenvalue weighted by molar-refractivity contribution is 8.01. The molecule has 0 saturated carbocycles. The Kier molecular flexibility index (Phi) is 6.92. The minimum Gasteiger partial charge on any atom is -0.477 e. The quantitative estimate of drug-likeness (QED) is 0.109. The van der Waals surface area contributed by atoms with Crippen LogP contribution >= 0.6 is 34.9 Å². The van der Waals surface area contributed by atoms with E-state index in [0.717, 1.165) is 24.2 Å². The van der Waals surface area contributed by atoms with Crippen molar-refractivity contribution in [3.8, 4) is 0 Å². The molecule has 1 saturated heterocycles. The Morgan fingerprint density at radius 3 is 2.97 bits per heavy atom. The van der Waals surface area contributed by atoms with E-state index in [-0.39, 0.29) is 34.1 Å². The van der Waals surface area contributed by atoms with E-state index < -0.39 is 29.2 Å². The van der Waals surface area contributed by atoms with E-state index in [1.165, 1.54) is 28.4 Å². The zero-order valence-corrected chi connectivity index (χ0v) is 20.8. The average Bonchev–Trinajstić information content (AvgIpc) is 3.64. The van der Waals surface area contributed by atoms with E-state index in [0.29, 0.717) is 16.5 Å². The third-order valence-electron chi connectivity index (χ3n) is 5.47. The second-order valence-electron chi connectivity index (χ2n) is 7.76. The number of carbonyl (C=O) groups excluding carboxylic acids is 2. The molecule has 1 aliphatic carbocycles. The van der Waals surface area contributed by atoms with E-state index in [2.05, 4.69) is 36.1 Å². The van der Waals surface area contributed by atoms with Gasteiger partial charge in [-0.2, -0.15) is 5.21 Å². The number of nitrogen functional groups attached to an aromatic ring is 1. The number of thiazole rings is 1. The molecule has 5 rings (SSSR count). The van der Waals surface area contributed by atoms with Crippen molar-refractivity contribution >= 4 is 63.5 Å². The van der Waals surface area contributed by atoms with Gasteiger partial charge < -0.3 is 21.0 Å². The molecule has 14 nitrogen and oxygen atoms in total. The number of allylic oxidation sites excluding steroid dienone is 1. The summed E-state index contributed by atoms with van der Waals surface area (Å²) in [6.45, 7) is 0. The molecule has 2 unspecified atom stereocenters. The first-order chi connectivity index (χ1) is 17.4. The fourth-order valence-electron chi connectivity index (χ4n) is 3.78. The van der Waals surface area contributed by atoms with Crippen molar-refractivity contribution in [3.05, 3.63) is 34.5 Å². The number of oxime groups is 1. The first-order valence-electron chi connectivity index (χ1n) is 10.6. The molecule has 1 fully saturated rings. The smallest absolute Gasteiger partial charge is 0.352 e. The predicted octanol–water partition coefficient (Wildman–Crippen LogP) is 0.209. The zero-order valence-electron chi connectivity index (χ0n) is 18.4. The van der Waals surface area contributed by atoms with Crippen LogP contribution in [0.15, 0.2) is 39.1 Å². The molecule has 2 aromatic rings. The Bertz CT molecular complexity index is 1280. The molecule has 0 bridgehead atoms. The van der Waals surface area contributed by atoms with Gasteiger partial charge in [0.2, 0.25) is 5.16 Å². The lowest BCUT2D eigenvalue weighted by atomic mass is 10.0. The number of aromatic nitrogens is 5. The van der Waals surface area contributed by atoms with Crippen LogP contribution in [-0.4, -0.2) is 88.1 Å². The number of nitrogens with one attached hydrogen (secondary N) is 2. The van der Waals surface area contributed by atoms with Gasteiger partial charge in [-0.05, 0) is 29.7 Å². The number of carboxylic acid groups (broad SMARTS) is 1. The molecule has 36 heavy (non-hydrogen) atoms. The van der Waals surface area contributed by atoms with Crippen LogP contribution in [0.4, 0.5) is 5.13 Å². The summed E-state index contributed by atoms with van der Waals surface area (Å²) in [6, 6.07) is -0.934. The standard InChI is InChI=1S/C19H19N9O5S3/c20-18-21-10(7-35-18)11(25-33-9-3-1-2-4-9)14(29)22-12-15(30)28-13(17(31)32)8(5-34-16(12)28)6-36-19-23-26-27-24-19/h1,3,7,9,12,16H,2,4-6H2,(H2,20,21)(H,22,29)(H,31,32)(H,23,24,26,27)/t9?,12?,16-/m0/s1. The fraction of sp³-hybridized carbons (Fsp3) is 0.368. The van der Waals surface area contributed by atoms with Crippen molar-refractivity contribution in [3.63, 3.8) is 0 Å². The molecule has 188 valence electrons. The topological polar surface area (TPSA) is 202 Å². The van der Waals surface area contributed by atoms with Crippen LogP contribution < -0.4 is 11.1 Å². The summed E-state index contributed by atoms with van der Waals surface area (Å²) in [5, 5.41) is 31.6. The van der Waals surface area contributed by atoms with Gasteiger partial charge >= 0.3 is 5.97 Å². The molecular weight excluding hydrogens is 530 g/mol. The molecular formula is C19H19N9O5S3. The van der Waals surface area contributed by atoms with Gasteiger partial charge in [0.15, 0.2) is 10.8 Å². The number of nitrogens with two attached hydrogens (primary N) is 1. The molecule has 4 heterocycles. The van der Waals surface area contributed by atoms with Gasteiger partial charge in [0, 0.05) is 16.9 Å². The van der Waals surface area contributed by atoms with Crippen molar-refractivity contribution in [2.45, 2.75) is 35.5 Å². The number of hydrogen-bond donors (Lipinski definition) is 4. The van der Waals surface area contributed by atoms with Crippen LogP contribution in [0.3, 0.4) is 0 Å². The van der Waals surface area contributed by atoms with E-state index >= 15 is 0 Å². The summed E-state index contributed by atoms with van der Waals surface area (Å²) < 4.78 is 0. The molecule has 0 aromatic carbocycles. The maximum atomic E-state index is 13.1. The Morgan fingerprint density at radius 2 is 2.31 bits per heavy atom. The van der Waals surface area contributed by atoms with Crippen molar-refractivity contribution in [1.82, 2.24) is 35.8 Å². The molecule has 17 heteroatoms. The SMILES string of the molecule is Nc1nc(C(=NOC2C=CCC2)C(=O)NC2C(=O)N3C(C(=O)O)=C(CSc4nn[nH]n4)CS[C@@H]23)cs1. The highest BCUT2D eigenvalue weighted by Gasteiger charge is 2.54. The van der Waals surface area contributed by atoms with Crippen LogP contribution in [0.2, 0.25) is 0 Å². The van der Waals surface area contributed by atoms with Crippen molar-refractivity contribution in [2.24, 2.45) is 5.16 Å². The summed E-state index contributed by atoms with van der Waals surface area (Å²) in [4.78, 5) is 49.0. The maximum Gasteiger partial charge on any atom is 0.352 e. The number of hydrogen-bond acceptors (Lipinski definition) is 13. The first kappa shape index (κ1) is 24.3. The lowest BCUT2D eigenvalue weighted by Gasteiger charge is -2.49. The molecule has 2 aliphatic heterocycles. The number of amides is 2. The second kappa shape index (κ2) is 10.3. The lowest BCUT2D eigenvalue weighted by Crippen LogP contribution is -2.71. The van der Waals surface area contributed by atoms with E-state index in [4.69, 9.17) is 10.6 Å². The van der Waals surface area contributed by atoms with Gasteiger partial charge in [-0.3, -0.25) is 14.5 Å². The number of nitrogens with zero attached hydrogens (tertiary/aromatic N) is 6. The van der Waals surface area contributed by atoms with Gasteiger partial charge in [-0.15, -0.1) is 33.3 Å². The van der Waals surface area contributed by atoms with Gasteiger partial charge in [-0.25, -0.2) is 9.78 Å². The van der Waals surface area contributed by atoms with Crippen LogP contribution in [0.25, 0.3) is 0 Å². The molecule has 0 radical (unpaired) electrons. The number of carbonyl (C=O) groups is 3. The molecule has 0 spiro atoms. The van der Waals surface area contributed by atoms with Crippen LogP contribution in [0.5, 0.6) is 0 Å². The summed E-state index contributed by atoms with van der Waals surface area (Å²) in [6.07, 6.45) is 5.15. The number of H-pyrrole nitrogens is 1. The second-order valence-corrected chi connectivity index (χ2v) is 10.7. The van der Waals surface area contributed by atoms with Gasteiger partial charge in [0.05, 0.1) is 0 Å². The number of aromatic amines is 1. The van der Waals surface area contributed by atoms with Gasteiger partial charge in [0.25, 0.3) is 11.8 Å². The zero-order chi connectivity index (χ0) is 25.2. The minimum atomic E-state index is -1.22. The van der Waals surface area contributed by atoms with Crippen molar-refractivity contribution < 1.29 is 24.3 Å². The van der Waals surface area contributed by atoms with Crippen LogP contribution in [-0.2, 0) is 19.2 Å². The third kappa shape index (κ3) is 4.80. The third-order valence-corrected chi connectivity index (χ3v) is 8.40. The number of rotatable bonds is 9. The van der Waals surface area contributed by atoms with Crippen LogP contribution in [0, 0.1) is 0 Å². The summed E-state index contributed by atoms with van der Waals surface area (Å²) in [5.74, 6) is -1.79. The van der Waals surface area contributed by atoms with E-state index in [9.17, 15) is 19.5 Å². The molecule has 3 aliphatic rings.